The molecule has 0 amide bonds. The average molecular weight is 329 g/mol. The number of anilines is 2. The van der Waals surface area contributed by atoms with Crippen LogP contribution in [0, 0.1) is 0 Å². The molecular formula is C16H23N7O. The summed E-state index contributed by atoms with van der Waals surface area (Å²) in [5.41, 5.74) is 8.39. The predicted octanol–water partition coefficient (Wildman–Crippen LogP) is -0.0691. The molecule has 0 bridgehead atoms. The number of aliphatic hydroxyl groups excluding tert-OH is 1. The zero-order valence-electron chi connectivity index (χ0n) is 13.6. The van der Waals surface area contributed by atoms with Crippen molar-refractivity contribution in [2.45, 2.75) is 44.5 Å². The summed E-state index contributed by atoms with van der Waals surface area (Å²) < 4.78 is 2.10. The molecule has 2 aliphatic heterocycles. The van der Waals surface area contributed by atoms with Crippen molar-refractivity contribution in [3.8, 4) is 0 Å². The van der Waals surface area contributed by atoms with Crippen molar-refractivity contribution in [3.05, 3.63) is 29.8 Å². The van der Waals surface area contributed by atoms with Gasteiger partial charge in [-0.2, -0.15) is 5.10 Å². The van der Waals surface area contributed by atoms with Crippen LogP contribution in [0.5, 0.6) is 0 Å². The van der Waals surface area contributed by atoms with E-state index in [0.717, 1.165) is 38.3 Å². The first-order chi connectivity index (χ1) is 11.7. The molecule has 0 radical (unpaired) electrons. The van der Waals surface area contributed by atoms with E-state index in [1.54, 1.807) is 6.07 Å². The highest BCUT2D eigenvalue weighted by Crippen LogP contribution is 2.24. The number of hydrogen-bond acceptors (Lipinski definition) is 7. The van der Waals surface area contributed by atoms with Crippen LogP contribution in [-0.2, 0) is 19.5 Å². The average Bonchev–Trinajstić information content (AvgIpc) is 3.24. The van der Waals surface area contributed by atoms with Gasteiger partial charge in [0.15, 0.2) is 0 Å². The fourth-order valence-corrected chi connectivity index (χ4v) is 3.73. The van der Waals surface area contributed by atoms with Gasteiger partial charge in [-0.3, -0.25) is 4.68 Å². The van der Waals surface area contributed by atoms with E-state index in [1.807, 2.05) is 6.20 Å². The Morgan fingerprint density at radius 1 is 1.38 bits per heavy atom. The second-order valence-electron chi connectivity index (χ2n) is 6.57. The van der Waals surface area contributed by atoms with E-state index < -0.39 is 0 Å². The van der Waals surface area contributed by atoms with Gasteiger partial charge in [0, 0.05) is 49.5 Å². The third-order valence-electron chi connectivity index (χ3n) is 4.87. The topological polar surface area (TPSA) is 105 Å². The number of nitrogens with one attached hydrogen (secondary N) is 1. The monoisotopic (exact) mass is 329 g/mol. The summed E-state index contributed by atoms with van der Waals surface area (Å²) >= 11 is 0. The molecule has 0 spiro atoms. The van der Waals surface area contributed by atoms with Crippen LogP contribution in [0.4, 0.5) is 11.6 Å². The van der Waals surface area contributed by atoms with Crippen LogP contribution in [0.2, 0.25) is 0 Å². The molecular weight excluding hydrogens is 306 g/mol. The van der Waals surface area contributed by atoms with Crippen molar-refractivity contribution in [1.29, 1.82) is 0 Å². The molecule has 2 aromatic rings. The largest absolute Gasteiger partial charge is 0.391 e. The molecule has 128 valence electrons. The van der Waals surface area contributed by atoms with E-state index in [-0.39, 0.29) is 12.1 Å². The van der Waals surface area contributed by atoms with E-state index in [0.29, 0.717) is 12.4 Å². The van der Waals surface area contributed by atoms with Crippen LogP contribution >= 0.6 is 0 Å². The van der Waals surface area contributed by atoms with Gasteiger partial charge >= 0.3 is 0 Å². The van der Waals surface area contributed by atoms with E-state index in [9.17, 15) is 5.11 Å². The molecule has 0 aliphatic carbocycles. The third kappa shape index (κ3) is 2.94. The van der Waals surface area contributed by atoms with Crippen LogP contribution in [-0.4, -0.2) is 50.1 Å². The van der Waals surface area contributed by atoms with Gasteiger partial charge in [0.2, 0.25) is 0 Å². The normalized spacial score (nSPS) is 23.0. The third-order valence-corrected chi connectivity index (χ3v) is 4.87. The van der Waals surface area contributed by atoms with Crippen molar-refractivity contribution in [1.82, 2.24) is 25.1 Å². The summed E-state index contributed by atoms with van der Waals surface area (Å²) in [6.45, 7) is 3.20. The summed E-state index contributed by atoms with van der Waals surface area (Å²) in [5, 5.41) is 18.0. The molecule has 2 atom stereocenters. The standard InChI is InChI=1S/C16H23N7O/c17-15-5-16(20-10-19-15)22-9-13(24)4-12(22)8-18-6-11-7-21-23-3-1-2-14(11)23/h5,7,10,12-13,18,24H,1-4,6,8-9H2,(H2,17,19,20)/t12-,13-/m1/s1. The minimum Gasteiger partial charge on any atom is -0.391 e. The fourth-order valence-electron chi connectivity index (χ4n) is 3.73. The molecule has 2 aromatic heterocycles. The molecule has 8 nitrogen and oxygen atoms in total. The number of nitrogens with two attached hydrogens (primary N) is 1. The number of aromatic nitrogens is 4. The van der Waals surface area contributed by atoms with Gasteiger partial charge in [-0.1, -0.05) is 0 Å². The Hall–Kier alpha value is -2.19. The number of nitrogens with zero attached hydrogens (tertiary/aromatic N) is 5. The second-order valence-corrected chi connectivity index (χ2v) is 6.57. The van der Waals surface area contributed by atoms with Gasteiger partial charge in [0.1, 0.15) is 18.0 Å². The lowest BCUT2D eigenvalue weighted by Gasteiger charge is -2.25. The van der Waals surface area contributed by atoms with E-state index >= 15 is 0 Å². The summed E-state index contributed by atoms with van der Waals surface area (Å²) in [4.78, 5) is 10.3. The quantitative estimate of drug-likeness (QED) is 0.705. The van der Waals surface area contributed by atoms with Gasteiger partial charge in [0.05, 0.1) is 12.3 Å². The first-order valence-electron chi connectivity index (χ1n) is 8.47. The first kappa shape index (κ1) is 15.3. The minimum atomic E-state index is -0.339. The fraction of sp³-hybridized carbons (Fsp3) is 0.562. The Kier molecular flexibility index (Phi) is 4.07. The second kappa shape index (κ2) is 6.37. The highest BCUT2D eigenvalue weighted by Gasteiger charge is 2.31. The van der Waals surface area contributed by atoms with Crippen LogP contribution in [0.1, 0.15) is 24.1 Å². The molecule has 4 heterocycles. The van der Waals surface area contributed by atoms with Crippen LogP contribution in [0.3, 0.4) is 0 Å². The molecule has 4 rings (SSSR count). The zero-order valence-corrected chi connectivity index (χ0v) is 13.6. The Morgan fingerprint density at radius 2 is 2.29 bits per heavy atom. The maximum Gasteiger partial charge on any atom is 0.134 e. The molecule has 1 saturated heterocycles. The van der Waals surface area contributed by atoms with Gasteiger partial charge in [-0.05, 0) is 19.3 Å². The van der Waals surface area contributed by atoms with E-state index in [2.05, 4.69) is 30.0 Å². The Labute approximate surface area is 140 Å². The van der Waals surface area contributed by atoms with Crippen molar-refractivity contribution in [3.63, 3.8) is 0 Å². The first-order valence-corrected chi connectivity index (χ1v) is 8.47. The van der Waals surface area contributed by atoms with E-state index in [1.165, 1.54) is 24.0 Å². The number of aryl methyl sites for hydroxylation is 1. The maximum atomic E-state index is 10.1. The number of rotatable bonds is 5. The molecule has 1 fully saturated rings. The molecule has 0 saturated carbocycles. The summed E-state index contributed by atoms with van der Waals surface area (Å²) in [7, 11) is 0. The Morgan fingerprint density at radius 3 is 3.17 bits per heavy atom. The van der Waals surface area contributed by atoms with Gasteiger partial charge < -0.3 is 21.1 Å². The Balaban J connectivity index is 1.39. The maximum absolute atomic E-state index is 10.1. The number of fused-ring (bicyclic) bond motifs is 1. The lowest BCUT2D eigenvalue weighted by Crippen LogP contribution is -2.38. The molecule has 2 aliphatic rings. The molecule has 0 aromatic carbocycles. The van der Waals surface area contributed by atoms with Crippen LogP contribution in [0.25, 0.3) is 0 Å². The van der Waals surface area contributed by atoms with Crippen molar-refractivity contribution in [2.75, 3.05) is 23.7 Å². The summed E-state index contributed by atoms with van der Waals surface area (Å²) in [5.74, 6) is 1.22. The lowest BCUT2D eigenvalue weighted by molar-refractivity contribution is 0.194. The molecule has 0 unspecified atom stereocenters. The summed E-state index contributed by atoms with van der Waals surface area (Å²) in [6, 6.07) is 1.95. The zero-order chi connectivity index (χ0) is 16.5. The number of aliphatic hydroxyl groups is 1. The molecule has 8 heteroatoms. The van der Waals surface area contributed by atoms with Crippen molar-refractivity contribution < 1.29 is 5.11 Å². The van der Waals surface area contributed by atoms with Crippen LogP contribution < -0.4 is 16.0 Å². The van der Waals surface area contributed by atoms with Gasteiger partial charge in [-0.25, -0.2) is 9.97 Å². The highest BCUT2D eigenvalue weighted by atomic mass is 16.3. The van der Waals surface area contributed by atoms with Crippen molar-refractivity contribution in [2.24, 2.45) is 0 Å². The van der Waals surface area contributed by atoms with Gasteiger partial charge in [-0.15, -0.1) is 0 Å². The van der Waals surface area contributed by atoms with E-state index in [4.69, 9.17) is 5.73 Å². The lowest BCUT2D eigenvalue weighted by atomic mass is 10.1. The number of nitrogen functional groups attached to an aromatic ring is 1. The molecule has 4 N–H and O–H groups in total. The highest BCUT2D eigenvalue weighted by molar-refractivity contribution is 5.48. The SMILES string of the molecule is Nc1cc(N2C[C@H](O)C[C@@H]2CNCc2cnn3c2CCC3)ncn1. The smallest absolute Gasteiger partial charge is 0.134 e. The minimum absolute atomic E-state index is 0.193. The summed E-state index contributed by atoms with van der Waals surface area (Å²) in [6.07, 6.45) is 6.13. The number of hydrogen-bond donors (Lipinski definition) is 3. The number of β-amino-alcohol motifs (C(OH)–C–C–N with tert-alkyl or cyclic N) is 1. The van der Waals surface area contributed by atoms with Crippen molar-refractivity contribution >= 4 is 11.6 Å². The predicted molar refractivity (Wildman–Crippen MR) is 90.5 cm³/mol. The van der Waals surface area contributed by atoms with Crippen LogP contribution in [0.15, 0.2) is 18.6 Å². The van der Waals surface area contributed by atoms with Gasteiger partial charge in [0.25, 0.3) is 0 Å². The Bertz CT molecular complexity index is 716. The molecule has 24 heavy (non-hydrogen) atoms.